The third kappa shape index (κ3) is 5.49. The van der Waals surface area contributed by atoms with Crippen molar-refractivity contribution in [3.8, 4) is 0 Å². The number of amides is 1. The van der Waals surface area contributed by atoms with Crippen molar-refractivity contribution >= 4 is 15.9 Å². The number of rotatable bonds is 8. The van der Waals surface area contributed by atoms with Crippen LogP contribution in [0.2, 0.25) is 0 Å². The molecule has 1 N–H and O–H groups in total. The summed E-state index contributed by atoms with van der Waals surface area (Å²) >= 11 is 0. The van der Waals surface area contributed by atoms with Gasteiger partial charge in [-0.25, -0.2) is 8.42 Å². The molecule has 2 aromatic rings. The number of aromatic nitrogens is 1. The van der Waals surface area contributed by atoms with E-state index >= 15 is 0 Å². The van der Waals surface area contributed by atoms with E-state index in [9.17, 15) is 13.2 Å². The quantitative estimate of drug-likeness (QED) is 0.596. The number of nitrogens with zero attached hydrogens (tertiary/aromatic N) is 2. The fourth-order valence-corrected chi connectivity index (χ4v) is 6.26. The molecule has 1 saturated heterocycles. The maximum Gasteiger partial charge on any atom is 0.248 e. The van der Waals surface area contributed by atoms with Crippen molar-refractivity contribution in [2.75, 3.05) is 13.1 Å². The summed E-state index contributed by atoms with van der Waals surface area (Å²) in [5.74, 6) is 0.837. The first-order valence-electron chi connectivity index (χ1n) is 11.9. The van der Waals surface area contributed by atoms with Gasteiger partial charge in [0.05, 0.1) is 6.04 Å². The smallest absolute Gasteiger partial charge is 0.248 e. The van der Waals surface area contributed by atoms with E-state index in [1.165, 1.54) is 9.87 Å². The topological polar surface area (TPSA) is 92.5 Å². The maximum atomic E-state index is 13.1. The van der Waals surface area contributed by atoms with Crippen molar-refractivity contribution in [2.45, 2.75) is 77.7 Å². The Labute approximate surface area is 198 Å². The highest BCUT2D eigenvalue weighted by molar-refractivity contribution is 7.89. The van der Waals surface area contributed by atoms with E-state index in [-0.39, 0.29) is 28.7 Å². The Morgan fingerprint density at radius 3 is 2.18 bits per heavy atom. The molecule has 2 atom stereocenters. The van der Waals surface area contributed by atoms with Gasteiger partial charge in [-0.05, 0) is 56.1 Å². The van der Waals surface area contributed by atoms with Gasteiger partial charge in [0, 0.05) is 19.0 Å². The predicted molar refractivity (Wildman–Crippen MR) is 128 cm³/mol. The molecule has 0 bridgehead atoms. The lowest BCUT2D eigenvalue weighted by Crippen LogP contribution is -2.44. The summed E-state index contributed by atoms with van der Waals surface area (Å²) in [7, 11) is -3.68. The van der Waals surface area contributed by atoms with Crippen LogP contribution in [0, 0.1) is 25.7 Å². The van der Waals surface area contributed by atoms with Crippen molar-refractivity contribution in [3.63, 3.8) is 0 Å². The molecule has 1 fully saturated rings. The Morgan fingerprint density at radius 2 is 1.70 bits per heavy atom. The predicted octanol–water partition coefficient (Wildman–Crippen LogP) is 4.72. The lowest BCUT2D eigenvalue weighted by molar-refractivity contribution is -0.127. The molecule has 182 valence electrons. The van der Waals surface area contributed by atoms with Gasteiger partial charge < -0.3 is 9.84 Å². The fourth-order valence-electron chi connectivity index (χ4n) is 4.50. The van der Waals surface area contributed by atoms with E-state index in [1.54, 1.807) is 13.8 Å². The van der Waals surface area contributed by atoms with E-state index in [4.69, 9.17) is 4.52 Å². The van der Waals surface area contributed by atoms with E-state index in [0.717, 1.165) is 12.0 Å². The molecule has 1 aliphatic rings. The van der Waals surface area contributed by atoms with E-state index in [2.05, 4.69) is 62.4 Å². The van der Waals surface area contributed by atoms with Crippen LogP contribution in [0.1, 0.15) is 81.5 Å². The van der Waals surface area contributed by atoms with Gasteiger partial charge in [-0.1, -0.05) is 57.1 Å². The normalized spacial score (nSPS) is 17.8. The minimum absolute atomic E-state index is 0.00547. The second-order valence-corrected chi connectivity index (χ2v) is 11.4. The van der Waals surface area contributed by atoms with Gasteiger partial charge in [-0.2, -0.15) is 4.31 Å². The summed E-state index contributed by atoms with van der Waals surface area (Å²) in [5, 5.41) is 7.01. The Kier molecular flexibility index (Phi) is 8.00. The van der Waals surface area contributed by atoms with Gasteiger partial charge in [0.25, 0.3) is 0 Å². The standard InChI is InChI=1S/C25H37N3O4S/c1-7-17(4)20-8-10-21(11-9-20)23(16(2)3)26-25(29)22-12-14-28(15-13-22)33(30,31)24-18(5)27-32-19(24)6/h8-11,16-17,22-23H,7,12-15H2,1-6H3,(H,26,29)/t17-,23+/m0/s1. The monoisotopic (exact) mass is 475 g/mol. The Hall–Kier alpha value is -2.19. The van der Waals surface area contributed by atoms with Crippen LogP contribution in [0.3, 0.4) is 0 Å². The zero-order valence-corrected chi connectivity index (χ0v) is 21.4. The summed E-state index contributed by atoms with van der Waals surface area (Å²) in [6, 6.07) is 8.47. The average molecular weight is 476 g/mol. The lowest BCUT2D eigenvalue weighted by atomic mass is 9.91. The number of carbonyl (C=O) groups is 1. The minimum atomic E-state index is -3.68. The Bertz CT molecular complexity index is 1030. The highest BCUT2D eigenvalue weighted by Crippen LogP contribution is 2.29. The summed E-state index contributed by atoms with van der Waals surface area (Å²) in [6.45, 7) is 12.5. The molecule has 0 saturated carbocycles. The van der Waals surface area contributed by atoms with Crippen molar-refractivity contribution < 1.29 is 17.7 Å². The molecule has 1 aliphatic heterocycles. The molecular formula is C25H37N3O4S. The number of nitrogens with one attached hydrogen (secondary N) is 1. The van der Waals surface area contributed by atoms with E-state index in [1.807, 2.05) is 0 Å². The van der Waals surface area contributed by atoms with Crippen LogP contribution in [0.25, 0.3) is 0 Å². The molecule has 0 radical (unpaired) electrons. The Balaban J connectivity index is 1.65. The van der Waals surface area contributed by atoms with Gasteiger partial charge in [0.2, 0.25) is 15.9 Å². The van der Waals surface area contributed by atoms with Crippen LogP contribution in [-0.4, -0.2) is 36.9 Å². The molecule has 0 aliphatic carbocycles. The van der Waals surface area contributed by atoms with Gasteiger partial charge in [0.15, 0.2) is 5.76 Å². The molecule has 0 spiro atoms. The van der Waals surface area contributed by atoms with Crippen LogP contribution in [-0.2, 0) is 14.8 Å². The lowest BCUT2D eigenvalue weighted by Gasteiger charge is -2.32. The molecule has 2 heterocycles. The number of benzene rings is 1. The molecule has 0 unspecified atom stereocenters. The van der Waals surface area contributed by atoms with Crippen LogP contribution < -0.4 is 5.32 Å². The number of piperidine rings is 1. The first-order valence-corrected chi connectivity index (χ1v) is 13.3. The van der Waals surface area contributed by atoms with Crippen LogP contribution in [0.5, 0.6) is 0 Å². The van der Waals surface area contributed by atoms with Gasteiger partial charge in [-0.15, -0.1) is 0 Å². The Morgan fingerprint density at radius 1 is 1.12 bits per heavy atom. The number of carbonyl (C=O) groups excluding carboxylic acids is 1. The van der Waals surface area contributed by atoms with E-state index in [0.29, 0.717) is 43.3 Å². The number of aryl methyl sites for hydroxylation is 2. The zero-order valence-electron chi connectivity index (χ0n) is 20.6. The molecule has 1 amide bonds. The second-order valence-electron chi connectivity index (χ2n) is 9.54. The molecule has 7 nitrogen and oxygen atoms in total. The van der Waals surface area contributed by atoms with Gasteiger partial charge in [-0.3, -0.25) is 4.79 Å². The van der Waals surface area contributed by atoms with Crippen molar-refractivity contribution in [2.24, 2.45) is 11.8 Å². The molecule has 8 heteroatoms. The second kappa shape index (κ2) is 10.4. The molecule has 3 rings (SSSR count). The van der Waals surface area contributed by atoms with Crippen LogP contribution in [0.4, 0.5) is 0 Å². The highest BCUT2D eigenvalue weighted by atomic mass is 32.2. The number of hydrogen-bond acceptors (Lipinski definition) is 5. The van der Waals surface area contributed by atoms with Crippen LogP contribution >= 0.6 is 0 Å². The van der Waals surface area contributed by atoms with Crippen molar-refractivity contribution in [3.05, 3.63) is 46.8 Å². The summed E-state index contributed by atoms with van der Waals surface area (Å²) in [6.07, 6.45) is 2.08. The molecule has 33 heavy (non-hydrogen) atoms. The minimum Gasteiger partial charge on any atom is -0.360 e. The third-order valence-electron chi connectivity index (χ3n) is 6.83. The third-order valence-corrected chi connectivity index (χ3v) is 8.98. The molecule has 1 aromatic carbocycles. The summed E-state index contributed by atoms with van der Waals surface area (Å²) in [4.78, 5) is 13.2. The number of sulfonamides is 1. The van der Waals surface area contributed by atoms with Crippen molar-refractivity contribution in [1.82, 2.24) is 14.8 Å². The SMILES string of the molecule is CC[C@H](C)c1ccc([C@H](NC(=O)C2CCN(S(=O)(=O)c3c(C)noc3C)CC2)C(C)C)cc1. The molecule has 1 aromatic heterocycles. The van der Waals surface area contributed by atoms with E-state index < -0.39 is 10.0 Å². The van der Waals surface area contributed by atoms with Gasteiger partial charge in [0.1, 0.15) is 10.6 Å². The molecular weight excluding hydrogens is 438 g/mol. The van der Waals surface area contributed by atoms with Gasteiger partial charge >= 0.3 is 0 Å². The van der Waals surface area contributed by atoms with Crippen LogP contribution in [0.15, 0.2) is 33.7 Å². The summed E-state index contributed by atoms with van der Waals surface area (Å²) < 4.78 is 32.6. The van der Waals surface area contributed by atoms with Crippen molar-refractivity contribution in [1.29, 1.82) is 0 Å². The maximum absolute atomic E-state index is 13.1. The fraction of sp³-hybridized carbons (Fsp3) is 0.600. The zero-order chi connectivity index (χ0) is 24.3. The number of hydrogen-bond donors (Lipinski definition) is 1. The highest BCUT2D eigenvalue weighted by Gasteiger charge is 2.36. The summed E-state index contributed by atoms with van der Waals surface area (Å²) in [5.41, 5.74) is 2.78. The average Bonchev–Trinajstić information content (AvgIpc) is 3.15. The first-order chi connectivity index (χ1) is 15.6. The first kappa shape index (κ1) is 25.4. The largest absolute Gasteiger partial charge is 0.360 e.